The molecule has 1 aromatic heterocycles. The highest BCUT2D eigenvalue weighted by molar-refractivity contribution is 5.94. The highest BCUT2D eigenvalue weighted by atomic mass is 16.5. The van der Waals surface area contributed by atoms with Gasteiger partial charge in [0.25, 0.3) is 5.91 Å². The molecule has 6 heteroatoms. The third-order valence-electron chi connectivity index (χ3n) is 6.10. The zero-order chi connectivity index (χ0) is 19.7. The fourth-order valence-electron chi connectivity index (χ4n) is 4.41. The van der Waals surface area contributed by atoms with Crippen molar-refractivity contribution < 1.29 is 14.6 Å². The predicted molar refractivity (Wildman–Crippen MR) is 106 cm³/mol. The number of amides is 1. The van der Waals surface area contributed by atoms with E-state index in [1.54, 1.807) is 10.9 Å². The minimum atomic E-state index is -0.307. The van der Waals surface area contributed by atoms with Crippen LogP contribution in [0.5, 0.6) is 0 Å². The number of carbonyl (C=O) groups excluding carboxylic acids is 1. The highest BCUT2D eigenvalue weighted by Crippen LogP contribution is 2.39. The van der Waals surface area contributed by atoms with Crippen LogP contribution in [-0.2, 0) is 4.74 Å². The van der Waals surface area contributed by atoms with Crippen LogP contribution < -0.4 is 0 Å². The van der Waals surface area contributed by atoms with Gasteiger partial charge in [-0.05, 0) is 55.5 Å². The molecule has 28 heavy (non-hydrogen) atoms. The smallest absolute Gasteiger partial charge is 0.253 e. The number of nitrogens with zero attached hydrogens (tertiary/aromatic N) is 3. The monoisotopic (exact) mass is 383 g/mol. The second kappa shape index (κ2) is 7.68. The molecule has 0 saturated carbocycles. The van der Waals surface area contributed by atoms with Crippen LogP contribution in [-0.4, -0.2) is 56.6 Å². The van der Waals surface area contributed by atoms with Crippen molar-refractivity contribution in [2.75, 3.05) is 13.1 Å². The summed E-state index contributed by atoms with van der Waals surface area (Å²) in [5.74, 6) is 0.443. The number of likely N-dealkylation sites (tertiary alicyclic amines) is 1. The molecule has 2 atom stereocenters. The summed E-state index contributed by atoms with van der Waals surface area (Å²) in [7, 11) is 0. The van der Waals surface area contributed by atoms with Crippen LogP contribution in [0.2, 0.25) is 0 Å². The van der Waals surface area contributed by atoms with Gasteiger partial charge in [0.1, 0.15) is 0 Å². The number of benzene rings is 1. The third-order valence-corrected chi connectivity index (χ3v) is 6.10. The summed E-state index contributed by atoms with van der Waals surface area (Å²) in [5.41, 5.74) is 1.34. The first kappa shape index (κ1) is 19.2. The molecule has 2 aromatic rings. The van der Waals surface area contributed by atoms with Gasteiger partial charge in [0, 0.05) is 37.5 Å². The standard InChI is InChI=1S/C22H29N3O3/c1-16(2)20-14-19(26)15-22(28-20)8-12-24(13-9-22)21(27)17-4-6-18(7-5-17)25-11-3-10-23-25/h3-7,10-11,16,19-20,26H,8-9,12-15H2,1-2H3/t19-,20-/m1/s1. The first-order valence-electron chi connectivity index (χ1n) is 10.2. The average molecular weight is 383 g/mol. The first-order chi connectivity index (χ1) is 13.5. The summed E-state index contributed by atoms with van der Waals surface area (Å²) in [6, 6.07) is 9.43. The lowest BCUT2D eigenvalue weighted by molar-refractivity contribution is -0.190. The Kier molecular flexibility index (Phi) is 5.25. The van der Waals surface area contributed by atoms with Crippen molar-refractivity contribution in [2.24, 2.45) is 5.92 Å². The van der Waals surface area contributed by atoms with Crippen LogP contribution >= 0.6 is 0 Å². The molecule has 2 fully saturated rings. The van der Waals surface area contributed by atoms with Gasteiger partial charge >= 0.3 is 0 Å². The topological polar surface area (TPSA) is 67.6 Å². The van der Waals surface area contributed by atoms with E-state index in [4.69, 9.17) is 4.74 Å². The van der Waals surface area contributed by atoms with Crippen molar-refractivity contribution in [1.29, 1.82) is 0 Å². The number of hydrogen-bond donors (Lipinski definition) is 1. The van der Waals surface area contributed by atoms with Crippen LogP contribution in [0.15, 0.2) is 42.7 Å². The Bertz CT molecular complexity index is 793. The van der Waals surface area contributed by atoms with Crippen molar-refractivity contribution in [3.63, 3.8) is 0 Å². The van der Waals surface area contributed by atoms with Crippen molar-refractivity contribution >= 4 is 5.91 Å². The molecule has 150 valence electrons. The Morgan fingerprint density at radius 2 is 1.96 bits per heavy atom. The molecule has 6 nitrogen and oxygen atoms in total. The zero-order valence-electron chi connectivity index (χ0n) is 16.6. The summed E-state index contributed by atoms with van der Waals surface area (Å²) < 4.78 is 8.20. The number of carbonyl (C=O) groups is 1. The Labute approximate surface area is 166 Å². The van der Waals surface area contributed by atoms with Gasteiger partial charge < -0.3 is 14.7 Å². The summed E-state index contributed by atoms with van der Waals surface area (Å²) in [4.78, 5) is 14.8. The number of rotatable bonds is 3. The van der Waals surface area contributed by atoms with E-state index < -0.39 is 0 Å². The summed E-state index contributed by atoms with van der Waals surface area (Å²) in [6.07, 6.45) is 6.36. The third kappa shape index (κ3) is 3.84. The molecular weight excluding hydrogens is 354 g/mol. The lowest BCUT2D eigenvalue weighted by Crippen LogP contribution is -2.54. The molecule has 2 saturated heterocycles. The molecule has 2 aliphatic rings. The molecule has 0 unspecified atom stereocenters. The number of hydrogen-bond acceptors (Lipinski definition) is 4. The minimum absolute atomic E-state index is 0.0543. The number of piperidine rings is 1. The van der Waals surface area contributed by atoms with E-state index in [-0.39, 0.29) is 23.7 Å². The van der Waals surface area contributed by atoms with E-state index in [1.165, 1.54) is 0 Å². The Morgan fingerprint density at radius 3 is 2.57 bits per heavy atom. The van der Waals surface area contributed by atoms with Crippen LogP contribution in [0.3, 0.4) is 0 Å². The lowest BCUT2D eigenvalue weighted by Gasteiger charge is -2.48. The summed E-state index contributed by atoms with van der Waals surface area (Å²) in [6.45, 7) is 5.61. The minimum Gasteiger partial charge on any atom is -0.393 e. The Morgan fingerprint density at radius 1 is 1.25 bits per heavy atom. The molecule has 1 N–H and O–H groups in total. The van der Waals surface area contributed by atoms with Gasteiger partial charge in [-0.3, -0.25) is 4.79 Å². The van der Waals surface area contributed by atoms with Gasteiger partial charge in [0.05, 0.1) is 23.5 Å². The molecule has 1 spiro atoms. The maximum Gasteiger partial charge on any atom is 0.253 e. The van der Waals surface area contributed by atoms with Crippen LogP contribution in [0, 0.1) is 5.92 Å². The first-order valence-corrected chi connectivity index (χ1v) is 10.2. The molecule has 3 heterocycles. The SMILES string of the molecule is CC(C)[C@H]1C[C@@H](O)CC2(CCN(C(=O)c3ccc(-n4cccn4)cc3)CC2)O1. The molecule has 0 bridgehead atoms. The molecule has 1 aromatic carbocycles. The molecule has 4 rings (SSSR count). The zero-order valence-corrected chi connectivity index (χ0v) is 16.6. The van der Waals surface area contributed by atoms with Crippen molar-refractivity contribution in [1.82, 2.24) is 14.7 Å². The highest BCUT2D eigenvalue weighted by Gasteiger charge is 2.44. The van der Waals surface area contributed by atoms with E-state index in [2.05, 4.69) is 18.9 Å². The second-order valence-electron chi connectivity index (χ2n) is 8.47. The van der Waals surface area contributed by atoms with Crippen LogP contribution in [0.1, 0.15) is 49.9 Å². The summed E-state index contributed by atoms with van der Waals surface area (Å²) >= 11 is 0. The van der Waals surface area contributed by atoms with Crippen molar-refractivity contribution in [3.05, 3.63) is 48.3 Å². The molecular formula is C22H29N3O3. The Hall–Kier alpha value is -2.18. The number of ether oxygens (including phenoxy) is 1. The van der Waals surface area contributed by atoms with Gasteiger partial charge in [0.15, 0.2) is 0 Å². The van der Waals surface area contributed by atoms with Gasteiger partial charge in [-0.1, -0.05) is 13.8 Å². The average Bonchev–Trinajstić information content (AvgIpc) is 3.22. The number of aromatic nitrogens is 2. The molecule has 0 aliphatic carbocycles. The van der Waals surface area contributed by atoms with E-state index in [9.17, 15) is 9.90 Å². The van der Waals surface area contributed by atoms with Gasteiger partial charge in [0.2, 0.25) is 0 Å². The van der Waals surface area contributed by atoms with E-state index in [1.807, 2.05) is 41.4 Å². The summed E-state index contributed by atoms with van der Waals surface area (Å²) in [5, 5.41) is 14.5. The van der Waals surface area contributed by atoms with E-state index in [0.29, 0.717) is 37.4 Å². The fraction of sp³-hybridized carbons (Fsp3) is 0.545. The second-order valence-corrected chi connectivity index (χ2v) is 8.47. The van der Waals surface area contributed by atoms with Gasteiger partial charge in [-0.2, -0.15) is 5.10 Å². The molecule has 0 radical (unpaired) electrons. The largest absolute Gasteiger partial charge is 0.393 e. The van der Waals surface area contributed by atoms with Gasteiger partial charge in [-0.15, -0.1) is 0 Å². The van der Waals surface area contributed by atoms with Crippen molar-refractivity contribution in [2.45, 2.75) is 57.3 Å². The molecule has 2 aliphatic heterocycles. The maximum absolute atomic E-state index is 12.9. The van der Waals surface area contributed by atoms with Crippen molar-refractivity contribution in [3.8, 4) is 5.69 Å². The number of aliphatic hydroxyl groups is 1. The number of aliphatic hydroxyl groups excluding tert-OH is 1. The normalized spacial score (nSPS) is 24.6. The maximum atomic E-state index is 12.9. The van der Waals surface area contributed by atoms with Crippen LogP contribution in [0.4, 0.5) is 0 Å². The Balaban J connectivity index is 1.40. The van der Waals surface area contributed by atoms with Crippen LogP contribution in [0.25, 0.3) is 5.69 Å². The van der Waals surface area contributed by atoms with E-state index >= 15 is 0 Å². The van der Waals surface area contributed by atoms with Gasteiger partial charge in [-0.25, -0.2) is 4.68 Å². The fourth-order valence-corrected chi connectivity index (χ4v) is 4.41. The van der Waals surface area contributed by atoms with E-state index in [0.717, 1.165) is 18.5 Å². The lowest BCUT2D eigenvalue weighted by atomic mass is 9.80. The molecule has 1 amide bonds. The predicted octanol–water partition coefficient (Wildman–Crippen LogP) is 3.04. The quantitative estimate of drug-likeness (QED) is 0.885.